The highest BCUT2D eigenvalue weighted by atomic mass is 32.1. The molecule has 1 aromatic heterocycles. The summed E-state index contributed by atoms with van der Waals surface area (Å²) in [6.45, 7) is 2.22. The molecule has 0 fully saturated rings. The third-order valence-electron chi connectivity index (χ3n) is 3.29. The topological polar surface area (TPSA) is 23.5 Å². The van der Waals surface area contributed by atoms with Crippen LogP contribution < -0.4 is 4.90 Å². The predicted octanol–water partition coefficient (Wildman–Crippen LogP) is 2.80. The fraction of sp³-hybridized carbons (Fsp3) is 0.286. The van der Waals surface area contributed by atoms with Crippen molar-refractivity contribution in [3.8, 4) is 0 Å². The number of aliphatic hydroxyl groups excluding tert-OH is 1. The molecule has 2 heterocycles. The SMILES string of the molecule is OCc1ccc(N2CCc3sccc3C2)cc1. The molecule has 88 valence electrons. The van der Waals surface area contributed by atoms with E-state index in [9.17, 15) is 0 Å². The summed E-state index contributed by atoms with van der Waals surface area (Å²) in [4.78, 5) is 3.93. The zero-order valence-corrected chi connectivity index (χ0v) is 10.4. The molecule has 17 heavy (non-hydrogen) atoms. The highest BCUT2D eigenvalue weighted by Crippen LogP contribution is 2.27. The molecule has 1 aromatic carbocycles. The Kier molecular flexibility index (Phi) is 2.87. The standard InChI is InChI=1S/C14H15NOS/c16-10-11-1-3-13(4-2-11)15-7-5-14-12(9-15)6-8-17-14/h1-4,6,8,16H,5,7,9-10H2. The largest absolute Gasteiger partial charge is 0.392 e. The quantitative estimate of drug-likeness (QED) is 0.879. The van der Waals surface area contributed by atoms with Crippen LogP contribution in [-0.4, -0.2) is 11.7 Å². The van der Waals surface area contributed by atoms with E-state index in [1.807, 2.05) is 23.5 Å². The summed E-state index contributed by atoms with van der Waals surface area (Å²) in [5, 5.41) is 11.2. The summed E-state index contributed by atoms with van der Waals surface area (Å²) in [6.07, 6.45) is 1.15. The number of nitrogens with zero attached hydrogens (tertiary/aromatic N) is 1. The second kappa shape index (κ2) is 4.51. The van der Waals surface area contributed by atoms with Gasteiger partial charge in [0.05, 0.1) is 6.61 Å². The summed E-state index contributed by atoms with van der Waals surface area (Å²) in [5.74, 6) is 0. The van der Waals surface area contributed by atoms with Crippen LogP contribution in [0, 0.1) is 0 Å². The van der Waals surface area contributed by atoms with Crippen LogP contribution in [0.25, 0.3) is 0 Å². The van der Waals surface area contributed by atoms with Gasteiger partial charge in [-0.05, 0) is 41.1 Å². The fourth-order valence-corrected chi connectivity index (χ4v) is 3.17. The smallest absolute Gasteiger partial charge is 0.0681 e. The number of aliphatic hydroxyl groups is 1. The summed E-state index contributed by atoms with van der Waals surface area (Å²) in [5.41, 5.74) is 3.69. The maximum Gasteiger partial charge on any atom is 0.0681 e. The molecule has 0 saturated carbocycles. The van der Waals surface area contributed by atoms with Crippen molar-refractivity contribution >= 4 is 17.0 Å². The van der Waals surface area contributed by atoms with Crippen LogP contribution in [0.2, 0.25) is 0 Å². The van der Waals surface area contributed by atoms with Gasteiger partial charge in [-0.2, -0.15) is 0 Å². The summed E-state index contributed by atoms with van der Waals surface area (Å²) >= 11 is 1.87. The average molecular weight is 245 g/mol. The molecule has 0 unspecified atom stereocenters. The zero-order valence-electron chi connectivity index (χ0n) is 9.60. The van der Waals surface area contributed by atoms with E-state index in [-0.39, 0.29) is 6.61 Å². The Balaban J connectivity index is 1.81. The molecule has 2 aromatic rings. The molecular weight excluding hydrogens is 230 g/mol. The zero-order chi connectivity index (χ0) is 11.7. The number of thiophene rings is 1. The molecule has 3 rings (SSSR count). The first-order valence-corrected chi connectivity index (χ1v) is 6.75. The number of hydrogen-bond donors (Lipinski definition) is 1. The van der Waals surface area contributed by atoms with E-state index in [0.717, 1.165) is 25.1 Å². The van der Waals surface area contributed by atoms with Crippen molar-refractivity contribution in [2.24, 2.45) is 0 Å². The van der Waals surface area contributed by atoms with Crippen LogP contribution in [0.3, 0.4) is 0 Å². The van der Waals surface area contributed by atoms with E-state index in [2.05, 4.69) is 28.5 Å². The molecule has 3 heteroatoms. The molecule has 0 radical (unpaired) electrons. The Morgan fingerprint density at radius 1 is 1.18 bits per heavy atom. The van der Waals surface area contributed by atoms with Crippen molar-refractivity contribution in [2.75, 3.05) is 11.4 Å². The number of fused-ring (bicyclic) bond motifs is 1. The van der Waals surface area contributed by atoms with E-state index >= 15 is 0 Å². The van der Waals surface area contributed by atoms with Crippen molar-refractivity contribution in [1.82, 2.24) is 0 Å². The van der Waals surface area contributed by atoms with Gasteiger partial charge in [0.1, 0.15) is 0 Å². The molecule has 0 spiro atoms. The van der Waals surface area contributed by atoms with Crippen molar-refractivity contribution in [3.63, 3.8) is 0 Å². The molecule has 0 atom stereocenters. The Bertz CT molecular complexity index is 503. The van der Waals surface area contributed by atoms with Crippen LogP contribution in [0.4, 0.5) is 5.69 Å². The lowest BCUT2D eigenvalue weighted by Gasteiger charge is -2.29. The van der Waals surface area contributed by atoms with Crippen LogP contribution >= 0.6 is 11.3 Å². The first kappa shape index (κ1) is 10.8. The first-order valence-electron chi connectivity index (χ1n) is 5.87. The minimum Gasteiger partial charge on any atom is -0.392 e. The van der Waals surface area contributed by atoms with Gasteiger partial charge in [-0.15, -0.1) is 11.3 Å². The van der Waals surface area contributed by atoms with Crippen molar-refractivity contribution in [3.05, 3.63) is 51.7 Å². The van der Waals surface area contributed by atoms with Gasteiger partial charge in [0.15, 0.2) is 0 Å². The van der Waals surface area contributed by atoms with Crippen LogP contribution in [0.1, 0.15) is 16.0 Å². The summed E-state index contributed by atoms with van der Waals surface area (Å²) in [6, 6.07) is 10.4. The number of hydrogen-bond acceptors (Lipinski definition) is 3. The van der Waals surface area contributed by atoms with Gasteiger partial charge in [-0.1, -0.05) is 12.1 Å². The van der Waals surface area contributed by atoms with Gasteiger partial charge >= 0.3 is 0 Å². The van der Waals surface area contributed by atoms with Gasteiger partial charge in [-0.3, -0.25) is 0 Å². The Hall–Kier alpha value is -1.32. The van der Waals surface area contributed by atoms with Gasteiger partial charge in [0, 0.05) is 23.7 Å². The van der Waals surface area contributed by atoms with Gasteiger partial charge < -0.3 is 10.0 Å². The van der Waals surface area contributed by atoms with Crippen LogP contribution in [0.5, 0.6) is 0 Å². The second-order valence-corrected chi connectivity index (χ2v) is 5.37. The minimum atomic E-state index is 0.120. The van der Waals surface area contributed by atoms with Gasteiger partial charge in [0.25, 0.3) is 0 Å². The molecule has 1 N–H and O–H groups in total. The highest BCUT2D eigenvalue weighted by molar-refractivity contribution is 7.10. The predicted molar refractivity (Wildman–Crippen MR) is 71.4 cm³/mol. The minimum absolute atomic E-state index is 0.120. The molecule has 0 amide bonds. The van der Waals surface area contributed by atoms with E-state index in [4.69, 9.17) is 5.11 Å². The molecule has 2 nitrogen and oxygen atoms in total. The van der Waals surface area contributed by atoms with Crippen molar-refractivity contribution in [1.29, 1.82) is 0 Å². The second-order valence-electron chi connectivity index (χ2n) is 4.37. The highest BCUT2D eigenvalue weighted by Gasteiger charge is 2.17. The van der Waals surface area contributed by atoms with Crippen LogP contribution in [0.15, 0.2) is 35.7 Å². The van der Waals surface area contributed by atoms with Crippen LogP contribution in [-0.2, 0) is 19.6 Å². The first-order chi connectivity index (χ1) is 8.36. The maximum atomic E-state index is 9.03. The molecule has 1 aliphatic heterocycles. The lowest BCUT2D eigenvalue weighted by atomic mass is 10.1. The normalized spacial score (nSPS) is 14.8. The monoisotopic (exact) mass is 245 g/mol. The van der Waals surface area contributed by atoms with Crippen molar-refractivity contribution < 1.29 is 5.11 Å². The fourth-order valence-electron chi connectivity index (χ4n) is 2.28. The lowest BCUT2D eigenvalue weighted by molar-refractivity contribution is 0.282. The molecular formula is C14H15NOS. The van der Waals surface area contributed by atoms with Gasteiger partial charge in [-0.25, -0.2) is 0 Å². The maximum absolute atomic E-state index is 9.03. The molecule has 1 aliphatic rings. The van der Waals surface area contributed by atoms with Gasteiger partial charge in [0.2, 0.25) is 0 Å². The Morgan fingerprint density at radius 2 is 2.00 bits per heavy atom. The molecule has 0 bridgehead atoms. The van der Waals surface area contributed by atoms with E-state index in [1.54, 1.807) is 0 Å². The third-order valence-corrected chi connectivity index (χ3v) is 4.31. The molecule has 0 aliphatic carbocycles. The Morgan fingerprint density at radius 3 is 2.76 bits per heavy atom. The lowest BCUT2D eigenvalue weighted by Crippen LogP contribution is -2.29. The third kappa shape index (κ3) is 2.08. The summed E-state index contributed by atoms with van der Waals surface area (Å²) < 4.78 is 0. The Labute approximate surface area is 105 Å². The van der Waals surface area contributed by atoms with Crippen molar-refractivity contribution in [2.45, 2.75) is 19.6 Å². The number of rotatable bonds is 2. The van der Waals surface area contributed by atoms with E-state index < -0.39 is 0 Å². The summed E-state index contributed by atoms with van der Waals surface area (Å²) in [7, 11) is 0. The van der Waals surface area contributed by atoms with E-state index in [1.165, 1.54) is 16.1 Å². The van der Waals surface area contributed by atoms with E-state index in [0.29, 0.717) is 0 Å². The number of anilines is 1. The number of benzene rings is 1. The molecule has 0 saturated heterocycles. The average Bonchev–Trinajstić information content (AvgIpc) is 2.86.